The van der Waals surface area contributed by atoms with E-state index < -0.39 is 16.4 Å². The minimum atomic E-state index is -0.663. The maximum atomic E-state index is 12.1. The summed E-state index contributed by atoms with van der Waals surface area (Å²) in [6.45, 7) is 4.86. The molecule has 1 aliphatic heterocycles. The first-order valence-corrected chi connectivity index (χ1v) is 7.97. The Labute approximate surface area is 145 Å². The average Bonchev–Trinajstić information content (AvgIpc) is 2.63. The molecule has 1 aliphatic rings. The number of aliphatic imine (C=N–C) groups is 1. The number of rotatable bonds is 4. The van der Waals surface area contributed by atoms with Gasteiger partial charge in [-0.15, -0.1) is 0 Å². The summed E-state index contributed by atoms with van der Waals surface area (Å²) >= 11 is 0. The van der Waals surface area contributed by atoms with E-state index in [0.29, 0.717) is 11.3 Å². The number of nitro groups is 1. The molecule has 25 heavy (non-hydrogen) atoms. The second-order valence-electron chi connectivity index (χ2n) is 5.83. The second-order valence-corrected chi connectivity index (χ2v) is 5.83. The van der Waals surface area contributed by atoms with Gasteiger partial charge in [-0.25, -0.2) is 0 Å². The van der Waals surface area contributed by atoms with Crippen LogP contribution in [-0.4, -0.2) is 37.4 Å². The molecule has 0 radical (unpaired) electrons. The third-order valence-corrected chi connectivity index (χ3v) is 4.02. The van der Waals surface area contributed by atoms with Gasteiger partial charge in [0.15, 0.2) is 0 Å². The third kappa shape index (κ3) is 3.95. The van der Waals surface area contributed by atoms with Crippen molar-refractivity contribution in [2.45, 2.75) is 6.92 Å². The molecule has 130 valence electrons. The highest BCUT2D eigenvalue weighted by Crippen LogP contribution is 2.28. The SMILES string of the molecule is Cc1cc(C=Nc2ccc(N3CCOCC3)cc2)c([O-])c([N+](=O)[O-])c1. The summed E-state index contributed by atoms with van der Waals surface area (Å²) in [5.41, 5.74) is 2.21. The molecule has 0 N–H and O–H groups in total. The molecule has 7 heteroatoms. The van der Waals surface area contributed by atoms with Crippen LogP contribution in [-0.2, 0) is 4.74 Å². The number of benzene rings is 2. The van der Waals surface area contributed by atoms with Crippen molar-refractivity contribution < 1.29 is 14.8 Å². The summed E-state index contributed by atoms with van der Waals surface area (Å²) in [4.78, 5) is 16.8. The molecule has 2 aromatic rings. The Morgan fingerprint density at radius 3 is 2.52 bits per heavy atom. The summed E-state index contributed by atoms with van der Waals surface area (Å²) in [6, 6.07) is 10.5. The van der Waals surface area contributed by atoms with Crippen LogP contribution in [0.15, 0.2) is 41.4 Å². The number of nitro benzene ring substituents is 1. The molecule has 0 aliphatic carbocycles. The molecule has 0 saturated carbocycles. The van der Waals surface area contributed by atoms with E-state index in [4.69, 9.17) is 4.74 Å². The number of hydrogen-bond donors (Lipinski definition) is 0. The van der Waals surface area contributed by atoms with Gasteiger partial charge in [0.2, 0.25) is 0 Å². The van der Waals surface area contributed by atoms with Gasteiger partial charge in [-0.05, 0) is 48.1 Å². The highest BCUT2D eigenvalue weighted by atomic mass is 16.6. The van der Waals surface area contributed by atoms with Crippen LogP contribution in [0.4, 0.5) is 17.1 Å². The lowest BCUT2D eigenvalue weighted by atomic mass is 10.1. The fourth-order valence-electron chi connectivity index (χ4n) is 2.73. The number of aryl methyl sites for hydroxylation is 1. The zero-order chi connectivity index (χ0) is 17.8. The monoisotopic (exact) mass is 340 g/mol. The fourth-order valence-corrected chi connectivity index (χ4v) is 2.73. The van der Waals surface area contributed by atoms with Crippen molar-refractivity contribution in [2.24, 2.45) is 4.99 Å². The molecule has 3 rings (SSSR count). The molecular formula is C18H18N3O4-. The molecule has 2 aromatic carbocycles. The van der Waals surface area contributed by atoms with Crippen LogP contribution in [0.5, 0.6) is 5.75 Å². The lowest BCUT2D eigenvalue weighted by Crippen LogP contribution is -2.36. The molecule has 1 heterocycles. The largest absolute Gasteiger partial charge is 0.867 e. The third-order valence-electron chi connectivity index (χ3n) is 4.02. The first-order chi connectivity index (χ1) is 12.0. The maximum Gasteiger partial charge on any atom is 0.262 e. The van der Waals surface area contributed by atoms with Crippen molar-refractivity contribution in [1.29, 1.82) is 0 Å². The van der Waals surface area contributed by atoms with Crippen LogP contribution in [0.25, 0.3) is 0 Å². The van der Waals surface area contributed by atoms with E-state index >= 15 is 0 Å². The number of nitrogens with zero attached hydrogens (tertiary/aromatic N) is 3. The van der Waals surface area contributed by atoms with Crippen molar-refractivity contribution in [3.63, 3.8) is 0 Å². The van der Waals surface area contributed by atoms with Crippen LogP contribution in [0, 0.1) is 17.0 Å². The minimum Gasteiger partial charge on any atom is -0.867 e. The second kappa shape index (κ2) is 7.31. The molecule has 1 fully saturated rings. The average molecular weight is 340 g/mol. The number of morpholine rings is 1. The van der Waals surface area contributed by atoms with E-state index in [1.165, 1.54) is 12.3 Å². The van der Waals surface area contributed by atoms with Crippen LogP contribution in [0.2, 0.25) is 0 Å². The van der Waals surface area contributed by atoms with Gasteiger partial charge in [-0.3, -0.25) is 15.1 Å². The quantitative estimate of drug-likeness (QED) is 0.485. The standard InChI is InChI=1S/C18H19N3O4/c1-13-10-14(18(22)17(11-13)21(23)24)12-19-15-2-4-16(5-3-15)20-6-8-25-9-7-20/h2-5,10-12,22H,6-9H2,1H3/p-1. The van der Waals surface area contributed by atoms with Gasteiger partial charge in [0, 0.05) is 31.1 Å². The molecule has 0 amide bonds. The van der Waals surface area contributed by atoms with Crippen molar-refractivity contribution >= 4 is 23.3 Å². The number of ether oxygens (including phenoxy) is 1. The molecule has 1 saturated heterocycles. The van der Waals surface area contributed by atoms with E-state index in [1.807, 2.05) is 24.3 Å². The number of hydrogen-bond acceptors (Lipinski definition) is 6. The minimum absolute atomic E-state index is 0.212. The zero-order valence-corrected chi connectivity index (χ0v) is 13.8. The summed E-state index contributed by atoms with van der Waals surface area (Å²) in [6.07, 6.45) is 1.38. The summed E-state index contributed by atoms with van der Waals surface area (Å²) in [5.74, 6) is -0.621. The Morgan fingerprint density at radius 2 is 1.88 bits per heavy atom. The van der Waals surface area contributed by atoms with Gasteiger partial charge < -0.3 is 14.7 Å². The van der Waals surface area contributed by atoms with Gasteiger partial charge in [-0.2, -0.15) is 0 Å². The van der Waals surface area contributed by atoms with Crippen molar-refractivity contribution in [1.82, 2.24) is 0 Å². The molecule has 0 bridgehead atoms. The predicted octanol–water partition coefficient (Wildman–Crippen LogP) is 2.56. The van der Waals surface area contributed by atoms with Crippen molar-refractivity contribution in [2.75, 3.05) is 31.2 Å². The van der Waals surface area contributed by atoms with Gasteiger partial charge in [0.05, 0.1) is 23.8 Å². The Morgan fingerprint density at radius 1 is 1.20 bits per heavy atom. The Kier molecular flexibility index (Phi) is 4.95. The van der Waals surface area contributed by atoms with Crippen molar-refractivity contribution in [3.8, 4) is 5.75 Å². The molecule has 7 nitrogen and oxygen atoms in total. The van der Waals surface area contributed by atoms with Crippen molar-refractivity contribution in [3.05, 3.63) is 57.6 Å². The molecule has 0 spiro atoms. The first-order valence-electron chi connectivity index (χ1n) is 7.97. The highest BCUT2D eigenvalue weighted by molar-refractivity contribution is 5.87. The highest BCUT2D eigenvalue weighted by Gasteiger charge is 2.11. The zero-order valence-electron chi connectivity index (χ0n) is 13.8. The van der Waals surface area contributed by atoms with Crippen LogP contribution in [0.3, 0.4) is 0 Å². The summed E-state index contributed by atoms with van der Waals surface area (Å²) in [7, 11) is 0. The topological polar surface area (TPSA) is 91.0 Å². The Hall–Kier alpha value is -2.93. The lowest BCUT2D eigenvalue weighted by Gasteiger charge is -2.28. The van der Waals surface area contributed by atoms with Crippen LogP contribution < -0.4 is 10.0 Å². The summed E-state index contributed by atoms with van der Waals surface area (Å²) < 4.78 is 5.34. The van der Waals surface area contributed by atoms with Gasteiger partial charge >= 0.3 is 0 Å². The van der Waals surface area contributed by atoms with Gasteiger partial charge in [0.1, 0.15) is 0 Å². The van der Waals surface area contributed by atoms with E-state index in [9.17, 15) is 15.2 Å². The van der Waals surface area contributed by atoms with E-state index in [1.54, 1.807) is 13.0 Å². The smallest absolute Gasteiger partial charge is 0.262 e. The maximum absolute atomic E-state index is 12.1. The normalized spacial score (nSPS) is 14.8. The summed E-state index contributed by atoms with van der Waals surface area (Å²) in [5, 5.41) is 23.0. The van der Waals surface area contributed by atoms with E-state index in [-0.39, 0.29) is 5.56 Å². The Bertz CT molecular complexity index is 797. The fraction of sp³-hybridized carbons (Fsp3) is 0.278. The van der Waals surface area contributed by atoms with E-state index in [2.05, 4.69) is 9.89 Å². The molecule has 0 atom stereocenters. The van der Waals surface area contributed by atoms with Crippen LogP contribution in [0.1, 0.15) is 11.1 Å². The first kappa shape index (κ1) is 16.9. The van der Waals surface area contributed by atoms with Crippen LogP contribution >= 0.6 is 0 Å². The molecular weight excluding hydrogens is 322 g/mol. The molecule has 0 unspecified atom stereocenters. The lowest BCUT2D eigenvalue weighted by molar-refractivity contribution is -0.398. The molecule has 0 aromatic heterocycles. The van der Waals surface area contributed by atoms with Gasteiger partial charge in [-0.1, -0.05) is 6.07 Å². The predicted molar refractivity (Wildman–Crippen MR) is 94.0 cm³/mol. The Balaban J connectivity index is 1.79. The number of anilines is 1. The van der Waals surface area contributed by atoms with Gasteiger partial charge in [0.25, 0.3) is 5.69 Å². The van der Waals surface area contributed by atoms with E-state index in [0.717, 1.165) is 32.0 Å².